The van der Waals surface area contributed by atoms with Gasteiger partial charge in [0.05, 0.1) is 12.6 Å². The molecule has 2 rings (SSSR count). The minimum Gasteiger partial charge on any atom is -0.465 e. The molecule has 2 N–H and O–H groups in total. The third-order valence-electron chi connectivity index (χ3n) is 2.73. The number of nitrogens with one attached hydrogen (secondary N) is 1. The van der Waals surface area contributed by atoms with Crippen LogP contribution in [0, 0.1) is 0 Å². The van der Waals surface area contributed by atoms with Crippen molar-refractivity contribution in [1.82, 2.24) is 15.1 Å². The summed E-state index contributed by atoms with van der Waals surface area (Å²) in [6, 6.07) is 0.0149. The van der Waals surface area contributed by atoms with Crippen LogP contribution in [-0.4, -0.2) is 65.7 Å². The lowest BCUT2D eigenvalue weighted by Gasteiger charge is -2.43. The van der Waals surface area contributed by atoms with Crippen LogP contribution in [0.25, 0.3) is 0 Å². The quantitative estimate of drug-likeness (QED) is 0.513. The predicted molar refractivity (Wildman–Crippen MR) is 48.0 cm³/mol. The zero-order valence-corrected chi connectivity index (χ0v) is 7.77. The van der Waals surface area contributed by atoms with E-state index in [-0.39, 0.29) is 11.9 Å². The number of carbonyl (C=O) groups is 2. The van der Waals surface area contributed by atoms with Crippen LogP contribution in [0.3, 0.4) is 0 Å². The topological polar surface area (TPSA) is 72.9 Å². The Morgan fingerprint density at radius 1 is 1.50 bits per heavy atom. The van der Waals surface area contributed by atoms with Gasteiger partial charge in [-0.3, -0.25) is 4.79 Å². The predicted octanol–water partition coefficient (Wildman–Crippen LogP) is -1.22. The van der Waals surface area contributed by atoms with E-state index in [2.05, 4.69) is 5.32 Å². The van der Waals surface area contributed by atoms with Gasteiger partial charge in [0.15, 0.2) is 0 Å². The summed E-state index contributed by atoms with van der Waals surface area (Å²) < 4.78 is 0. The molecule has 0 aromatic heterocycles. The van der Waals surface area contributed by atoms with Gasteiger partial charge in [0.25, 0.3) is 0 Å². The first-order valence-electron chi connectivity index (χ1n) is 4.66. The van der Waals surface area contributed by atoms with E-state index >= 15 is 0 Å². The van der Waals surface area contributed by atoms with Crippen LogP contribution in [-0.2, 0) is 4.79 Å². The maximum atomic E-state index is 11.4. The van der Waals surface area contributed by atoms with Crippen molar-refractivity contribution < 1.29 is 14.7 Å². The molecule has 0 radical (unpaired) electrons. The summed E-state index contributed by atoms with van der Waals surface area (Å²) in [5.74, 6) is 0.0753. The van der Waals surface area contributed by atoms with Crippen molar-refractivity contribution in [3.63, 3.8) is 0 Å². The first-order valence-corrected chi connectivity index (χ1v) is 4.66. The molecule has 1 atom stereocenters. The summed E-state index contributed by atoms with van der Waals surface area (Å²) in [6.45, 7) is 2.45. The fraction of sp³-hybridized carbons (Fsp3) is 0.750. The molecule has 6 nitrogen and oxygen atoms in total. The van der Waals surface area contributed by atoms with Crippen molar-refractivity contribution in [2.75, 3.05) is 32.7 Å². The monoisotopic (exact) mass is 199 g/mol. The van der Waals surface area contributed by atoms with E-state index in [1.165, 1.54) is 4.90 Å². The van der Waals surface area contributed by atoms with E-state index in [1.807, 2.05) is 0 Å². The number of hydrogen-bond donors (Lipinski definition) is 2. The van der Waals surface area contributed by atoms with Gasteiger partial charge in [-0.15, -0.1) is 0 Å². The number of hydrogen-bond acceptors (Lipinski definition) is 3. The summed E-state index contributed by atoms with van der Waals surface area (Å²) in [4.78, 5) is 25.3. The van der Waals surface area contributed by atoms with E-state index < -0.39 is 6.09 Å². The molecule has 1 unspecified atom stereocenters. The number of carboxylic acid groups (broad SMARTS) is 1. The van der Waals surface area contributed by atoms with Crippen molar-refractivity contribution in [2.45, 2.75) is 6.04 Å². The summed E-state index contributed by atoms with van der Waals surface area (Å²) in [7, 11) is 0. The van der Waals surface area contributed by atoms with Crippen LogP contribution in [0.15, 0.2) is 0 Å². The van der Waals surface area contributed by atoms with Crippen LogP contribution in [0.4, 0.5) is 4.79 Å². The molecule has 2 aliphatic heterocycles. The van der Waals surface area contributed by atoms with E-state index in [0.717, 1.165) is 0 Å². The normalized spacial score (nSPS) is 27.4. The Balaban J connectivity index is 2.03. The number of nitrogens with zero attached hydrogens (tertiary/aromatic N) is 2. The molecule has 6 heteroatoms. The molecule has 0 aliphatic carbocycles. The molecule has 78 valence electrons. The molecule has 14 heavy (non-hydrogen) atoms. The first-order chi connectivity index (χ1) is 6.68. The van der Waals surface area contributed by atoms with Gasteiger partial charge in [-0.2, -0.15) is 0 Å². The lowest BCUT2D eigenvalue weighted by atomic mass is 10.1. The number of fused-ring (bicyclic) bond motifs is 1. The third-order valence-corrected chi connectivity index (χ3v) is 2.73. The van der Waals surface area contributed by atoms with E-state index in [4.69, 9.17) is 5.11 Å². The summed E-state index contributed by atoms with van der Waals surface area (Å²) in [5.41, 5.74) is 0. The van der Waals surface area contributed by atoms with Crippen LogP contribution in [0.2, 0.25) is 0 Å². The largest absolute Gasteiger partial charge is 0.465 e. The second kappa shape index (κ2) is 3.45. The molecule has 2 aliphatic rings. The molecule has 0 spiro atoms. The average molecular weight is 199 g/mol. The highest BCUT2D eigenvalue weighted by Crippen LogP contribution is 2.12. The van der Waals surface area contributed by atoms with Gasteiger partial charge in [0.1, 0.15) is 0 Å². The standard InChI is InChI=1S/C8H13N3O3/c12-7-4-9-3-6-5-10(8(13)14)1-2-11(6)7/h6,9H,1-5H2,(H,13,14). The lowest BCUT2D eigenvalue weighted by Crippen LogP contribution is -2.64. The van der Waals surface area contributed by atoms with E-state index in [1.54, 1.807) is 4.90 Å². The van der Waals surface area contributed by atoms with E-state index in [9.17, 15) is 9.59 Å². The van der Waals surface area contributed by atoms with Gasteiger partial charge in [-0.05, 0) is 0 Å². The highest BCUT2D eigenvalue weighted by Gasteiger charge is 2.34. The minimum atomic E-state index is -0.900. The molecule has 0 aromatic rings. The summed E-state index contributed by atoms with van der Waals surface area (Å²) in [5, 5.41) is 11.8. The van der Waals surface area contributed by atoms with Gasteiger partial charge >= 0.3 is 6.09 Å². The van der Waals surface area contributed by atoms with Gasteiger partial charge < -0.3 is 20.2 Å². The number of piperazine rings is 2. The number of rotatable bonds is 0. The molecule has 0 bridgehead atoms. The highest BCUT2D eigenvalue weighted by atomic mass is 16.4. The highest BCUT2D eigenvalue weighted by molar-refractivity contribution is 5.80. The van der Waals surface area contributed by atoms with Crippen molar-refractivity contribution >= 4 is 12.0 Å². The molecular formula is C8H13N3O3. The smallest absolute Gasteiger partial charge is 0.407 e. The van der Waals surface area contributed by atoms with Gasteiger partial charge in [-0.1, -0.05) is 0 Å². The molecular weight excluding hydrogens is 186 g/mol. The van der Waals surface area contributed by atoms with Crippen molar-refractivity contribution in [2.24, 2.45) is 0 Å². The second-order valence-corrected chi connectivity index (χ2v) is 3.60. The fourth-order valence-electron chi connectivity index (χ4n) is 1.98. The third kappa shape index (κ3) is 1.52. The number of carbonyl (C=O) groups excluding carboxylic acids is 1. The molecule has 2 saturated heterocycles. The molecule has 2 amide bonds. The maximum Gasteiger partial charge on any atom is 0.407 e. The average Bonchev–Trinajstić information content (AvgIpc) is 2.17. The zero-order chi connectivity index (χ0) is 10.1. The zero-order valence-electron chi connectivity index (χ0n) is 7.77. The Kier molecular flexibility index (Phi) is 2.28. The van der Waals surface area contributed by atoms with Crippen LogP contribution >= 0.6 is 0 Å². The molecule has 0 saturated carbocycles. The van der Waals surface area contributed by atoms with Crippen molar-refractivity contribution in [3.8, 4) is 0 Å². The van der Waals surface area contributed by atoms with Crippen molar-refractivity contribution in [3.05, 3.63) is 0 Å². The Labute approximate surface area is 81.5 Å². The Morgan fingerprint density at radius 3 is 3.00 bits per heavy atom. The Morgan fingerprint density at radius 2 is 2.29 bits per heavy atom. The van der Waals surface area contributed by atoms with Gasteiger partial charge in [-0.25, -0.2) is 4.79 Å². The van der Waals surface area contributed by atoms with Gasteiger partial charge in [0, 0.05) is 26.2 Å². The second-order valence-electron chi connectivity index (χ2n) is 3.60. The maximum absolute atomic E-state index is 11.4. The fourth-order valence-corrected chi connectivity index (χ4v) is 1.98. The Hall–Kier alpha value is -1.30. The molecule has 2 fully saturated rings. The van der Waals surface area contributed by atoms with Crippen LogP contribution in [0.5, 0.6) is 0 Å². The summed E-state index contributed by atoms with van der Waals surface area (Å²) >= 11 is 0. The number of amides is 2. The van der Waals surface area contributed by atoms with Crippen LogP contribution in [0.1, 0.15) is 0 Å². The molecule has 0 aromatic carbocycles. The summed E-state index contributed by atoms with van der Waals surface area (Å²) in [6.07, 6.45) is -0.900. The lowest BCUT2D eigenvalue weighted by molar-refractivity contribution is -0.137. The van der Waals surface area contributed by atoms with Gasteiger partial charge in [0.2, 0.25) is 5.91 Å². The van der Waals surface area contributed by atoms with Crippen LogP contribution < -0.4 is 5.32 Å². The first kappa shape index (κ1) is 9.26. The minimum absolute atomic E-state index is 0.0149. The Bertz CT molecular complexity index is 269. The molecule has 2 heterocycles. The van der Waals surface area contributed by atoms with Crippen molar-refractivity contribution in [1.29, 1.82) is 0 Å². The SMILES string of the molecule is O=C(O)N1CCN2C(=O)CNCC2C1. The van der Waals surface area contributed by atoms with E-state index in [0.29, 0.717) is 32.7 Å².